The molecule has 0 spiro atoms. The van der Waals surface area contributed by atoms with Gasteiger partial charge in [-0.15, -0.1) is 0 Å². The first-order valence-electron chi connectivity index (χ1n) is 12.1. The maximum Gasteiger partial charge on any atom is 0.326 e. The summed E-state index contributed by atoms with van der Waals surface area (Å²) in [6, 6.07) is 21.8. The van der Waals surface area contributed by atoms with Gasteiger partial charge in [0.05, 0.1) is 12.2 Å². The SMILES string of the molecule is CCCCCCCOc1ccc(Br)cc1C(=O)N[C@@H](Cc1ccc(-c2ccccc2)cc1)C(=O)O. The Balaban J connectivity index is 1.65. The maximum absolute atomic E-state index is 13.1. The quantitative estimate of drug-likeness (QED) is 0.233. The fourth-order valence-electron chi connectivity index (χ4n) is 3.83. The summed E-state index contributed by atoms with van der Waals surface area (Å²) in [5.41, 5.74) is 3.29. The number of carbonyl (C=O) groups excluding carboxylic acids is 1. The highest BCUT2D eigenvalue weighted by molar-refractivity contribution is 9.10. The average molecular weight is 538 g/mol. The summed E-state index contributed by atoms with van der Waals surface area (Å²) in [5, 5.41) is 12.4. The zero-order valence-electron chi connectivity index (χ0n) is 20.0. The number of unbranched alkanes of at least 4 members (excludes halogenated alkanes) is 4. The molecule has 0 heterocycles. The molecule has 0 aliphatic heterocycles. The molecule has 3 rings (SSSR count). The van der Waals surface area contributed by atoms with Gasteiger partial charge in [0.15, 0.2) is 0 Å². The van der Waals surface area contributed by atoms with Crippen molar-refractivity contribution in [3.8, 4) is 16.9 Å². The number of aliphatic carboxylic acids is 1. The van der Waals surface area contributed by atoms with Crippen LogP contribution >= 0.6 is 15.9 Å². The van der Waals surface area contributed by atoms with Crippen molar-refractivity contribution < 1.29 is 19.4 Å². The molecule has 1 amide bonds. The average Bonchev–Trinajstić information content (AvgIpc) is 2.87. The summed E-state index contributed by atoms with van der Waals surface area (Å²) in [4.78, 5) is 25.0. The minimum absolute atomic E-state index is 0.178. The first kappa shape index (κ1) is 26.5. The predicted octanol–water partition coefficient (Wildman–Crippen LogP) is 6.89. The van der Waals surface area contributed by atoms with Crippen molar-refractivity contribution in [3.05, 3.63) is 88.4 Å². The molecule has 0 aliphatic carbocycles. The van der Waals surface area contributed by atoms with Crippen LogP contribution in [0.15, 0.2) is 77.3 Å². The smallest absolute Gasteiger partial charge is 0.326 e. The highest BCUT2D eigenvalue weighted by atomic mass is 79.9. The van der Waals surface area contributed by atoms with Gasteiger partial charge in [-0.3, -0.25) is 4.79 Å². The van der Waals surface area contributed by atoms with Gasteiger partial charge in [-0.25, -0.2) is 4.79 Å². The summed E-state index contributed by atoms with van der Waals surface area (Å²) in [6.45, 7) is 2.69. The van der Waals surface area contributed by atoms with E-state index in [0.717, 1.165) is 34.0 Å². The molecule has 0 saturated heterocycles. The van der Waals surface area contributed by atoms with E-state index in [0.29, 0.717) is 17.9 Å². The Morgan fingerprint density at radius 1 is 0.914 bits per heavy atom. The Morgan fingerprint density at radius 3 is 2.29 bits per heavy atom. The van der Waals surface area contributed by atoms with Gasteiger partial charge in [-0.2, -0.15) is 0 Å². The highest BCUT2D eigenvalue weighted by Crippen LogP contribution is 2.24. The number of halogens is 1. The monoisotopic (exact) mass is 537 g/mol. The van der Waals surface area contributed by atoms with Crippen LogP contribution in [-0.2, 0) is 11.2 Å². The fourth-order valence-corrected chi connectivity index (χ4v) is 4.19. The molecular weight excluding hydrogens is 506 g/mol. The van der Waals surface area contributed by atoms with Crippen molar-refractivity contribution in [1.29, 1.82) is 0 Å². The first-order valence-corrected chi connectivity index (χ1v) is 12.9. The normalized spacial score (nSPS) is 11.6. The number of hydrogen-bond donors (Lipinski definition) is 2. The van der Waals surface area contributed by atoms with E-state index in [1.807, 2.05) is 60.7 Å². The van der Waals surface area contributed by atoms with E-state index in [9.17, 15) is 14.7 Å². The molecule has 0 radical (unpaired) electrons. The molecule has 2 N–H and O–H groups in total. The molecule has 0 aromatic heterocycles. The van der Waals surface area contributed by atoms with Crippen molar-refractivity contribution in [2.24, 2.45) is 0 Å². The number of nitrogens with one attached hydrogen (secondary N) is 1. The lowest BCUT2D eigenvalue weighted by atomic mass is 10.0. The summed E-state index contributed by atoms with van der Waals surface area (Å²) in [6.07, 6.45) is 5.72. The van der Waals surface area contributed by atoms with E-state index in [2.05, 4.69) is 28.2 Å². The summed E-state index contributed by atoms with van der Waals surface area (Å²) >= 11 is 3.40. The van der Waals surface area contributed by atoms with Crippen LogP contribution in [0.3, 0.4) is 0 Å². The lowest BCUT2D eigenvalue weighted by Crippen LogP contribution is -2.42. The topological polar surface area (TPSA) is 75.6 Å². The van der Waals surface area contributed by atoms with Gasteiger partial charge in [0.25, 0.3) is 5.91 Å². The second-order valence-corrected chi connectivity index (χ2v) is 9.45. The van der Waals surface area contributed by atoms with E-state index in [1.165, 1.54) is 19.3 Å². The second kappa shape index (κ2) is 13.7. The molecule has 0 saturated carbocycles. The van der Waals surface area contributed by atoms with Gasteiger partial charge in [0.2, 0.25) is 0 Å². The van der Waals surface area contributed by atoms with Gasteiger partial charge >= 0.3 is 5.97 Å². The van der Waals surface area contributed by atoms with Crippen LogP contribution < -0.4 is 10.1 Å². The Hall–Kier alpha value is -3.12. The Bertz CT molecular complexity index is 1100. The van der Waals surface area contributed by atoms with E-state index in [-0.39, 0.29) is 6.42 Å². The van der Waals surface area contributed by atoms with Crippen LogP contribution in [0, 0.1) is 0 Å². The molecule has 1 atom stereocenters. The fraction of sp³-hybridized carbons (Fsp3) is 0.310. The number of carbonyl (C=O) groups is 2. The molecule has 0 unspecified atom stereocenters. The molecule has 3 aromatic carbocycles. The molecule has 5 nitrogen and oxygen atoms in total. The van der Waals surface area contributed by atoms with Crippen molar-refractivity contribution in [1.82, 2.24) is 5.32 Å². The predicted molar refractivity (Wildman–Crippen MR) is 143 cm³/mol. The van der Waals surface area contributed by atoms with Gasteiger partial charge in [-0.05, 0) is 41.3 Å². The van der Waals surface area contributed by atoms with Crippen molar-refractivity contribution in [2.75, 3.05) is 6.61 Å². The largest absolute Gasteiger partial charge is 0.493 e. The van der Waals surface area contributed by atoms with Crippen molar-refractivity contribution in [3.63, 3.8) is 0 Å². The molecule has 0 fully saturated rings. The number of carboxylic acid groups (broad SMARTS) is 1. The minimum atomic E-state index is -1.08. The first-order chi connectivity index (χ1) is 17.0. The van der Waals surface area contributed by atoms with E-state index in [4.69, 9.17) is 4.74 Å². The number of rotatable bonds is 13. The molecule has 0 aliphatic rings. The van der Waals surface area contributed by atoms with E-state index < -0.39 is 17.9 Å². The van der Waals surface area contributed by atoms with Crippen molar-refractivity contribution in [2.45, 2.75) is 51.5 Å². The number of benzene rings is 3. The Kier molecular flexibility index (Phi) is 10.4. The van der Waals surface area contributed by atoms with Crippen LogP contribution in [0.5, 0.6) is 5.75 Å². The molecule has 184 valence electrons. The lowest BCUT2D eigenvalue weighted by molar-refractivity contribution is -0.139. The maximum atomic E-state index is 13.1. The van der Waals surface area contributed by atoms with E-state index in [1.54, 1.807) is 12.1 Å². The molecule has 3 aromatic rings. The van der Waals surface area contributed by atoms with Crippen LogP contribution in [0.25, 0.3) is 11.1 Å². The number of amides is 1. The second-order valence-electron chi connectivity index (χ2n) is 8.53. The van der Waals surface area contributed by atoms with Gasteiger partial charge in [0.1, 0.15) is 11.8 Å². The number of carboxylic acids is 1. The van der Waals surface area contributed by atoms with E-state index >= 15 is 0 Å². The zero-order chi connectivity index (χ0) is 25.0. The number of ether oxygens (including phenoxy) is 1. The standard InChI is InChI=1S/C29H32BrNO4/c1-2-3-4-5-9-18-35-27-17-16-24(30)20-25(27)28(32)31-26(29(33)34)19-21-12-14-23(15-13-21)22-10-7-6-8-11-22/h6-8,10-17,20,26H,2-5,9,18-19H2,1H3,(H,31,32)(H,33,34)/t26-/m0/s1. The zero-order valence-corrected chi connectivity index (χ0v) is 21.6. The van der Waals surface area contributed by atoms with Crippen molar-refractivity contribution >= 4 is 27.8 Å². The molecule has 35 heavy (non-hydrogen) atoms. The third kappa shape index (κ3) is 8.25. The highest BCUT2D eigenvalue weighted by Gasteiger charge is 2.23. The van der Waals surface area contributed by atoms with Crippen LogP contribution in [0.4, 0.5) is 0 Å². The molecular formula is C29H32BrNO4. The van der Waals surface area contributed by atoms with Gasteiger partial charge in [0, 0.05) is 10.9 Å². The Morgan fingerprint density at radius 2 is 1.60 bits per heavy atom. The van der Waals surface area contributed by atoms with Gasteiger partial charge < -0.3 is 15.2 Å². The minimum Gasteiger partial charge on any atom is -0.493 e. The van der Waals surface area contributed by atoms with Crippen LogP contribution in [-0.4, -0.2) is 29.6 Å². The van der Waals surface area contributed by atoms with Gasteiger partial charge in [-0.1, -0.05) is 103 Å². The summed E-state index contributed by atoms with van der Waals surface area (Å²) in [7, 11) is 0. The lowest BCUT2D eigenvalue weighted by Gasteiger charge is -2.17. The summed E-state index contributed by atoms with van der Waals surface area (Å²) in [5.74, 6) is -1.10. The molecule has 0 bridgehead atoms. The third-order valence-corrected chi connectivity index (χ3v) is 6.29. The molecule has 6 heteroatoms. The van der Waals surface area contributed by atoms with Crippen LogP contribution in [0.2, 0.25) is 0 Å². The number of hydrogen-bond acceptors (Lipinski definition) is 3. The summed E-state index contributed by atoms with van der Waals surface area (Å²) < 4.78 is 6.60. The third-order valence-electron chi connectivity index (χ3n) is 5.80. The van der Waals surface area contributed by atoms with Crippen LogP contribution in [0.1, 0.15) is 54.9 Å². The Labute approximate surface area is 215 Å².